The number of aromatic nitrogens is 1. The molecule has 2 aromatic carbocycles. The first kappa shape index (κ1) is 12.8. The average Bonchev–Trinajstić information content (AvgIpc) is 2.91. The first-order valence-corrected chi connectivity index (χ1v) is 6.98. The maximum atomic E-state index is 12.1. The maximum absolute atomic E-state index is 12.1. The Balaban J connectivity index is 1.95. The van der Waals surface area contributed by atoms with Gasteiger partial charge in [0.1, 0.15) is 11.4 Å². The molecule has 1 aliphatic rings. The summed E-state index contributed by atoms with van der Waals surface area (Å²) in [6.07, 6.45) is 0.705. The van der Waals surface area contributed by atoms with Crippen LogP contribution in [0.2, 0.25) is 0 Å². The Morgan fingerprint density at radius 1 is 1.23 bits per heavy atom. The maximum Gasteiger partial charge on any atom is 0.235 e. The number of phenols is 1. The third kappa shape index (κ3) is 1.84. The van der Waals surface area contributed by atoms with Gasteiger partial charge in [0.15, 0.2) is 5.58 Å². The third-order valence-corrected chi connectivity index (χ3v) is 4.03. The highest BCUT2D eigenvalue weighted by atomic mass is 16.5. The molecule has 1 aromatic heterocycles. The summed E-state index contributed by atoms with van der Waals surface area (Å²) in [5, 5.41) is 18.5. The number of carbonyl (C=O) groups excluding carboxylic acids is 2. The van der Waals surface area contributed by atoms with E-state index in [1.807, 2.05) is 6.07 Å². The second kappa shape index (κ2) is 4.56. The summed E-state index contributed by atoms with van der Waals surface area (Å²) < 4.78 is 5.34. The predicted octanol–water partition coefficient (Wildman–Crippen LogP) is 2.21. The van der Waals surface area contributed by atoms with Gasteiger partial charge in [0, 0.05) is 6.42 Å². The summed E-state index contributed by atoms with van der Waals surface area (Å²) in [4.78, 5) is 23.4. The molecule has 2 heterocycles. The molecule has 0 saturated carbocycles. The minimum atomic E-state index is -0.502. The number of rotatable bonds is 1. The fraction of sp³-hybridized carbons (Fsp3) is 0.188. The van der Waals surface area contributed by atoms with E-state index in [-0.39, 0.29) is 24.0 Å². The fourth-order valence-electron chi connectivity index (χ4n) is 2.97. The quantitative estimate of drug-likeness (QED) is 0.672. The van der Waals surface area contributed by atoms with Crippen molar-refractivity contribution in [1.82, 2.24) is 10.5 Å². The standard InChI is InChI=1S/C16H12N2O4/c19-9-2-3-10-8(7-9)1-5-12-14(10)15(18-22-12)11-4-6-13(20)17-16(11)21/h1-3,5,7,11,19H,4,6H2,(H,17,20,21). The molecule has 3 aromatic rings. The van der Waals surface area contributed by atoms with Crippen LogP contribution in [-0.2, 0) is 9.59 Å². The summed E-state index contributed by atoms with van der Waals surface area (Å²) in [5.41, 5.74) is 1.12. The zero-order valence-electron chi connectivity index (χ0n) is 11.5. The molecule has 1 aliphatic heterocycles. The molecule has 0 radical (unpaired) electrons. The van der Waals surface area contributed by atoms with Gasteiger partial charge >= 0.3 is 0 Å². The van der Waals surface area contributed by atoms with E-state index in [0.717, 1.165) is 16.2 Å². The largest absolute Gasteiger partial charge is 0.508 e. The highest BCUT2D eigenvalue weighted by Gasteiger charge is 2.32. The summed E-state index contributed by atoms with van der Waals surface area (Å²) in [5.74, 6) is -0.935. The number of benzene rings is 2. The molecule has 22 heavy (non-hydrogen) atoms. The van der Waals surface area contributed by atoms with Crippen molar-refractivity contribution in [2.45, 2.75) is 18.8 Å². The molecule has 0 bridgehead atoms. The van der Waals surface area contributed by atoms with Crippen LogP contribution >= 0.6 is 0 Å². The van der Waals surface area contributed by atoms with Crippen LogP contribution < -0.4 is 5.32 Å². The van der Waals surface area contributed by atoms with E-state index in [4.69, 9.17) is 4.52 Å². The fourth-order valence-corrected chi connectivity index (χ4v) is 2.97. The lowest BCUT2D eigenvalue weighted by Crippen LogP contribution is -2.39. The van der Waals surface area contributed by atoms with E-state index in [1.54, 1.807) is 24.3 Å². The molecule has 6 nitrogen and oxygen atoms in total. The van der Waals surface area contributed by atoms with Crippen LogP contribution in [0.4, 0.5) is 0 Å². The second-order valence-electron chi connectivity index (χ2n) is 5.42. The van der Waals surface area contributed by atoms with Gasteiger partial charge in [-0.2, -0.15) is 0 Å². The van der Waals surface area contributed by atoms with E-state index in [0.29, 0.717) is 17.7 Å². The van der Waals surface area contributed by atoms with Gasteiger partial charge in [0.05, 0.1) is 11.3 Å². The number of carbonyl (C=O) groups is 2. The molecule has 2 N–H and O–H groups in total. The monoisotopic (exact) mass is 296 g/mol. The van der Waals surface area contributed by atoms with Crippen LogP contribution in [0, 0.1) is 0 Å². The summed E-state index contributed by atoms with van der Waals surface area (Å²) in [6, 6.07) is 8.61. The van der Waals surface area contributed by atoms with E-state index >= 15 is 0 Å². The van der Waals surface area contributed by atoms with Crippen LogP contribution in [0.3, 0.4) is 0 Å². The molecule has 1 saturated heterocycles. The minimum absolute atomic E-state index is 0.172. The van der Waals surface area contributed by atoms with Crippen molar-refractivity contribution in [3.63, 3.8) is 0 Å². The molecule has 0 spiro atoms. The SMILES string of the molecule is O=C1CCC(c2noc3ccc4cc(O)ccc4c23)C(=O)N1. The number of nitrogens with one attached hydrogen (secondary N) is 1. The molecule has 1 unspecified atom stereocenters. The number of hydrogen-bond donors (Lipinski definition) is 2. The number of imide groups is 1. The number of fused-ring (bicyclic) bond motifs is 3. The van der Waals surface area contributed by atoms with Gasteiger partial charge in [-0.15, -0.1) is 0 Å². The van der Waals surface area contributed by atoms with E-state index in [9.17, 15) is 14.7 Å². The van der Waals surface area contributed by atoms with Crippen LogP contribution in [0.1, 0.15) is 24.5 Å². The molecule has 1 fully saturated rings. The molecule has 1 atom stereocenters. The van der Waals surface area contributed by atoms with Gasteiger partial charge in [0.2, 0.25) is 11.8 Å². The van der Waals surface area contributed by atoms with E-state index in [1.165, 1.54) is 0 Å². The Labute approximate surface area is 124 Å². The summed E-state index contributed by atoms with van der Waals surface area (Å²) in [7, 11) is 0. The summed E-state index contributed by atoms with van der Waals surface area (Å²) in [6.45, 7) is 0. The smallest absolute Gasteiger partial charge is 0.235 e. The number of hydrogen-bond acceptors (Lipinski definition) is 5. The van der Waals surface area contributed by atoms with Crippen LogP contribution in [0.15, 0.2) is 34.9 Å². The van der Waals surface area contributed by atoms with Crippen molar-refractivity contribution >= 4 is 33.6 Å². The lowest BCUT2D eigenvalue weighted by Gasteiger charge is -2.19. The van der Waals surface area contributed by atoms with E-state index in [2.05, 4.69) is 10.5 Å². The van der Waals surface area contributed by atoms with Gasteiger partial charge < -0.3 is 9.63 Å². The van der Waals surface area contributed by atoms with Crippen molar-refractivity contribution in [1.29, 1.82) is 0 Å². The Bertz CT molecular complexity index is 928. The van der Waals surface area contributed by atoms with Gasteiger partial charge in [-0.05, 0) is 41.5 Å². The summed E-state index contributed by atoms with van der Waals surface area (Å²) >= 11 is 0. The minimum Gasteiger partial charge on any atom is -0.508 e. The van der Waals surface area contributed by atoms with Gasteiger partial charge in [-0.3, -0.25) is 14.9 Å². The van der Waals surface area contributed by atoms with Gasteiger partial charge in [0.25, 0.3) is 0 Å². The Hall–Kier alpha value is -2.89. The van der Waals surface area contributed by atoms with Gasteiger partial charge in [-0.25, -0.2) is 0 Å². The first-order valence-electron chi connectivity index (χ1n) is 6.98. The number of aromatic hydroxyl groups is 1. The molecule has 110 valence electrons. The van der Waals surface area contributed by atoms with Crippen molar-refractivity contribution in [2.75, 3.05) is 0 Å². The topological polar surface area (TPSA) is 92.4 Å². The molecular formula is C16H12N2O4. The van der Waals surface area contributed by atoms with Crippen molar-refractivity contribution in [3.05, 3.63) is 36.0 Å². The average molecular weight is 296 g/mol. The zero-order valence-corrected chi connectivity index (χ0v) is 11.5. The highest BCUT2D eigenvalue weighted by molar-refractivity contribution is 6.10. The van der Waals surface area contributed by atoms with Crippen LogP contribution in [0.5, 0.6) is 5.75 Å². The molecule has 2 amide bonds. The Kier molecular flexibility index (Phi) is 2.66. The second-order valence-corrected chi connectivity index (χ2v) is 5.42. The van der Waals surface area contributed by atoms with Crippen molar-refractivity contribution in [3.8, 4) is 5.75 Å². The normalized spacial score (nSPS) is 18.8. The van der Waals surface area contributed by atoms with E-state index < -0.39 is 5.92 Å². The lowest BCUT2D eigenvalue weighted by molar-refractivity contribution is -0.134. The van der Waals surface area contributed by atoms with Gasteiger partial charge in [-0.1, -0.05) is 11.2 Å². The predicted molar refractivity (Wildman–Crippen MR) is 78.3 cm³/mol. The third-order valence-electron chi connectivity index (χ3n) is 4.03. The molecule has 0 aliphatic carbocycles. The first-order chi connectivity index (χ1) is 10.6. The van der Waals surface area contributed by atoms with Crippen molar-refractivity contribution < 1.29 is 19.2 Å². The van der Waals surface area contributed by atoms with Crippen LogP contribution in [0.25, 0.3) is 21.7 Å². The van der Waals surface area contributed by atoms with Crippen LogP contribution in [-0.4, -0.2) is 22.1 Å². The number of amides is 2. The zero-order chi connectivity index (χ0) is 15.3. The Morgan fingerprint density at radius 2 is 2.09 bits per heavy atom. The van der Waals surface area contributed by atoms with Crippen molar-refractivity contribution in [2.24, 2.45) is 0 Å². The highest BCUT2D eigenvalue weighted by Crippen LogP contribution is 2.35. The molecule has 4 rings (SSSR count). The molecule has 6 heteroatoms. The Morgan fingerprint density at radius 3 is 2.91 bits per heavy atom. The number of piperidine rings is 1. The molecular weight excluding hydrogens is 284 g/mol. The number of phenolic OH excluding ortho intramolecular Hbond substituents is 1. The number of nitrogens with zero attached hydrogens (tertiary/aromatic N) is 1. The lowest BCUT2D eigenvalue weighted by atomic mass is 9.91.